The van der Waals surface area contributed by atoms with Crippen molar-refractivity contribution >= 4 is 29.7 Å². The number of thiophene rings is 1. The van der Waals surface area contributed by atoms with E-state index < -0.39 is 0 Å². The maximum Gasteiger partial charge on any atom is 0.221 e. The van der Waals surface area contributed by atoms with Crippen molar-refractivity contribution in [1.29, 1.82) is 0 Å². The average Bonchev–Trinajstić information content (AvgIpc) is 3.00. The van der Waals surface area contributed by atoms with Crippen LogP contribution in [0.1, 0.15) is 62.8 Å². The second-order valence-electron chi connectivity index (χ2n) is 5.99. The summed E-state index contributed by atoms with van der Waals surface area (Å²) in [4.78, 5) is 13.6. The van der Waals surface area contributed by atoms with Crippen LogP contribution < -0.4 is 11.1 Å². The molecule has 1 amide bonds. The monoisotopic (exact) mass is 330 g/mol. The van der Waals surface area contributed by atoms with Crippen LogP contribution in [0.5, 0.6) is 0 Å². The first kappa shape index (κ1) is 18.5. The molecule has 1 atom stereocenters. The largest absolute Gasteiger partial charge is 0.348 e. The van der Waals surface area contributed by atoms with Crippen molar-refractivity contribution in [2.45, 2.75) is 57.9 Å². The molecule has 0 saturated heterocycles. The maximum absolute atomic E-state index is 12.4. The van der Waals surface area contributed by atoms with Gasteiger partial charge in [0.1, 0.15) is 0 Å². The van der Waals surface area contributed by atoms with Gasteiger partial charge in [0, 0.05) is 11.3 Å². The van der Waals surface area contributed by atoms with Crippen LogP contribution in [-0.2, 0) is 4.79 Å². The third-order valence-electron chi connectivity index (χ3n) is 4.51. The van der Waals surface area contributed by atoms with Crippen molar-refractivity contribution in [1.82, 2.24) is 5.32 Å². The first-order valence-electron chi connectivity index (χ1n) is 7.72. The zero-order chi connectivity index (χ0) is 14.4. The zero-order valence-electron chi connectivity index (χ0n) is 12.8. The summed E-state index contributed by atoms with van der Waals surface area (Å²) in [5, 5.41) is 5.25. The Morgan fingerprint density at radius 2 is 2.14 bits per heavy atom. The van der Waals surface area contributed by atoms with Crippen LogP contribution in [0.4, 0.5) is 0 Å². The number of halogens is 1. The van der Waals surface area contributed by atoms with Gasteiger partial charge in [0.15, 0.2) is 0 Å². The minimum atomic E-state index is 0. The highest BCUT2D eigenvalue weighted by atomic mass is 35.5. The van der Waals surface area contributed by atoms with E-state index in [4.69, 9.17) is 5.73 Å². The molecular formula is C16H27ClN2OS. The molecule has 3 N–H and O–H groups in total. The topological polar surface area (TPSA) is 55.1 Å². The van der Waals surface area contributed by atoms with Gasteiger partial charge in [0.2, 0.25) is 5.91 Å². The number of carbonyl (C=O) groups excluding carboxylic acids is 1. The Labute approximate surface area is 138 Å². The van der Waals surface area contributed by atoms with Crippen molar-refractivity contribution in [3.63, 3.8) is 0 Å². The maximum atomic E-state index is 12.4. The van der Waals surface area contributed by atoms with Gasteiger partial charge in [-0.25, -0.2) is 0 Å². The molecule has 5 heteroatoms. The predicted octanol–water partition coefficient (Wildman–Crippen LogP) is 4.04. The Bertz CT molecular complexity index is 416. The Hall–Kier alpha value is -0.580. The van der Waals surface area contributed by atoms with E-state index in [1.807, 2.05) is 6.07 Å². The number of hydrogen-bond donors (Lipinski definition) is 2. The molecule has 0 aromatic carbocycles. The molecule has 1 aromatic rings. The fourth-order valence-corrected chi connectivity index (χ4v) is 4.07. The van der Waals surface area contributed by atoms with Crippen LogP contribution in [-0.4, -0.2) is 12.5 Å². The van der Waals surface area contributed by atoms with Crippen molar-refractivity contribution < 1.29 is 4.79 Å². The van der Waals surface area contributed by atoms with Crippen molar-refractivity contribution in [3.05, 3.63) is 22.4 Å². The number of nitrogens with one attached hydrogen (secondary N) is 1. The molecule has 1 aliphatic carbocycles. The number of carbonyl (C=O) groups is 1. The molecule has 1 fully saturated rings. The van der Waals surface area contributed by atoms with Crippen molar-refractivity contribution in [3.8, 4) is 0 Å². The molecule has 0 aliphatic heterocycles. The van der Waals surface area contributed by atoms with Gasteiger partial charge in [0.25, 0.3) is 0 Å². The second-order valence-corrected chi connectivity index (χ2v) is 6.96. The van der Waals surface area contributed by atoms with Gasteiger partial charge in [-0.15, -0.1) is 23.7 Å². The minimum absolute atomic E-state index is 0. The van der Waals surface area contributed by atoms with E-state index in [-0.39, 0.29) is 29.8 Å². The van der Waals surface area contributed by atoms with Gasteiger partial charge in [-0.05, 0) is 42.7 Å². The molecule has 1 saturated carbocycles. The highest BCUT2D eigenvalue weighted by Crippen LogP contribution is 2.38. The molecule has 0 bridgehead atoms. The summed E-state index contributed by atoms with van der Waals surface area (Å²) in [6.07, 6.45) is 7.45. The zero-order valence-corrected chi connectivity index (χ0v) is 14.4. The normalized spacial score (nSPS) is 18.6. The smallest absolute Gasteiger partial charge is 0.221 e. The lowest BCUT2D eigenvalue weighted by atomic mass is 9.71. The van der Waals surface area contributed by atoms with E-state index in [0.717, 1.165) is 19.3 Å². The summed E-state index contributed by atoms with van der Waals surface area (Å²) in [5.74, 6) is 0.164. The highest BCUT2D eigenvalue weighted by Gasteiger charge is 2.33. The van der Waals surface area contributed by atoms with E-state index in [1.165, 1.54) is 24.1 Å². The molecule has 3 nitrogen and oxygen atoms in total. The Morgan fingerprint density at radius 1 is 1.43 bits per heavy atom. The van der Waals surface area contributed by atoms with Gasteiger partial charge >= 0.3 is 0 Å². The summed E-state index contributed by atoms with van der Waals surface area (Å²) < 4.78 is 0. The first-order chi connectivity index (χ1) is 9.69. The Kier molecular flexibility index (Phi) is 7.71. The van der Waals surface area contributed by atoms with Gasteiger partial charge in [-0.3, -0.25) is 4.79 Å². The molecule has 1 unspecified atom stereocenters. The molecule has 2 rings (SSSR count). The van der Waals surface area contributed by atoms with E-state index >= 15 is 0 Å². The highest BCUT2D eigenvalue weighted by molar-refractivity contribution is 7.10. The van der Waals surface area contributed by atoms with Crippen LogP contribution in [0.3, 0.4) is 0 Å². The molecule has 120 valence electrons. The summed E-state index contributed by atoms with van der Waals surface area (Å²) in [6.45, 7) is 2.75. The number of rotatable bonds is 6. The molecule has 0 radical (unpaired) electrons. The van der Waals surface area contributed by atoms with Gasteiger partial charge in [0.05, 0.1) is 6.04 Å². The molecular weight excluding hydrogens is 304 g/mol. The van der Waals surface area contributed by atoms with Crippen LogP contribution >= 0.6 is 23.7 Å². The standard InChI is InChI=1S/C16H26N2OS.ClH/c1-2-13(14-7-6-10-20-14)18-15(19)11-16(12-17)8-4-3-5-9-16;/h6-7,10,13H,2-5,8-9,11-12,17H2,1H3,(H,18,19);1H. The lowest BCUT2D eigenvalue weighted by molar-refractivity contribution is -0.124. The molecule has 21 heavy (non-hydrogen) atoms. The Morgan fingerprint density at radius 3 is 2.67 bits per heavy atom. The lowest BCUT2D eigenvalue weighted by Crippen LogP contribution is -2.39. The fourth-order valence-electron chi connectivity index (χ4n) is 3.20. The number of hydrogen-bond acceptors (Lipinski definition) is 3. The van der Waals surface area contributed by atoms with E-state index in [1.54, 1.807) is 11.3 Å². The van der Waals surface area contributed by atoms with E-state index in [9.17, 15) is 4.79 Å². The third-order valence-corrected chi connectivity index (χ3v) is 5.50. The summed E-state index contributed by atoms with van der Waals surface area (Å²) in [6, 6.07) is 4.29. The lowest BCUT2D eigenvalue weighted by Gasteiger charge is -2.36. The van der Waals surface area contributed by atoms with Crippen LogP contribution in [0.15, 0.2) is 17.5 Å². The van der Waals surface area contributed by atoms with Gasteiger partial charge < -0.3 is 11.1 Å². The summed E-state index contributed by atoms with van der Waals surface area (Å²) in [7, 11) is 0. The quantitative estimate of drug-likeness (QED) is 0.827. The molecule has 0 spiro atoms. The predicted molar refractivity (Wildman–Crippen MR) is 91.9 cm³/mol. The van der Waals surface area contributed by atoms with E-state index in [2.05, 4.69) is 23.7 Å². The van der Waals surface area contributed by atoms with Crippen LogP contribution in [0.2, 0.25) is 0 Å². The Balaban J connectivity index is 0.00000220. The average molecular weight is 331 g/mol. The van der Waals surface area contributed by atoms with Crippen molar-refractivity contribution in [2.24, 2.45) is 11.1 Å². The number of nitrogens with two attached hydrogens (primary N) is 1. The molecule has 1 aromatic heterocycles. The van der Waals surface area contributed by atoms with Gasteiger partial charge in [-0.2, -0.15) is 0 Å². The molecule has 1 heterocycles. The minimum Gasteiger partial charge on any atom is -0.348 e. The van der Waals surface area contributed by atoms with Crippen LogP contribution in [0, 0.1) is 5.41 Å². The van der Waals surface area contributed by atoms with Crippen LogP contribution in [0.25, 0.3) is 0 Å². The van der Waals surface area contributed by atoms with Crippen molar-refractivity contribution in [2.75, 3.05) is 6.54 Å². The second kappa shape index (κ2) is 8.76. The summed E-state index contributed by atoms with van der Waals surface area (Å²) >= 11 is 1.71. The fraction of sp³-hybridized carbons (Fsp3) is 0.688. The summed E-state index contributed by atoms with van der Waals surface area (Å²) in [5.41, 5.74) is 6.02. The third kappa shape index (κ3) is 4.97. The van der Waals surface area contributed by atoms with Gasteiger partial charge in [-0.1, -0.05) is 32.3 Å². The molecule has 1 aliphatic rings. The SMILES string of the molecule is CCC(NC(=O)CC1(CN)CCCCC1)c1cccs1.Cl. The van der Waals surface area contributed by atoms with E-state index in [0.29, 0.717) is 13.0 Å². The number of amides is 1. The first-order valence-corrected chi connectivity index (χ1v) is 8.60.